The number of nitrogens with zero attached hydrogens (tertiary/aromatic N) is 4. The minimum Gasteiger partial charge on any atom is -0.339 e. The van der Waals surface area contributed by atoms with Crippen LogP contribution in [-0.2, 0) is 23.6 Å². The fourth-order valence-corrected chi connectivity index (χ4v) is 6.45. The number of aryl methyl sites for hydroxylation is 1. The number of benzene rings is 2. The van der Waals surface area contributed by atoms with E-state index in [4.69, 9.17) is 4.98 Å². The van der Waals surface area contributed by atoms with Gasteiger partial charge in [0.15, 0.2) is 5.03 Å². The van der Waals surface area contributed by atoms with Crippen LogP contribution in [0.3, 0.4) is 0 Å². The summed E-state index contributed by atoms with van der Waals surface area (Å²) < 4.78 is 30.7. The van der Waals surface area contributed by atoms with Crippen molar-refractivity contribution in [2.45, 2.75) is 23.5 Å². The van der Waals surface area contributed by atoms with Crippen molar-refractivity contribution < 1.29 is 8.42 Å². The third-order valence-corrected chi connectivity index (χ3v) is 8.41. The largest absolute Gasteiger partial charge is 0.339 e. The Morgan fingerprint density at radius 3 is 2.61 bits per heavy atom. The van der Waals surface area contributed by atoms with Gasteiger partial charge in [-0.05, 0) is 17.7 Å². The first-order valence-corrected chi connectivity index (χ1v) is 12.4. The first-order chi connectivity index (χ1) is 15.0. The molecule has 1 saturated heterocycles. The summed E-state index contributed by atoms with van der Waals surface area (Å²) in [5.74, 6) is 0.0501. The highest BCUT2D eigenvalue weighted by Gasteiger charge is 2.40. The molecule has 2 aromatic carbocycles. The molecule has 1 N–H and O–H groups in total. The van der Waals surface area contributed by atoms with Gasteiger partial charge in [-0.25, -0.2) is 18.4 Å². The van der Waals surface area contributed by atoms with Gasteiger partial charge in [-0.1, -0.05) is 42.5 Å². The molecule has 2 unspecified atom stereocenters. The van der Waals surface area contributed by atoms with Crippen molar-refractivity contribution >= 4 is 31.6 Å². The molecule has 160 valence electrons. The van der Waals surface area contributed by atoms with Crippen LogP contribution in [0, 0.1) is 0 Å². The van der Waals surface area contributed by atoms with Gasteiger partial charge < -0.3 is 9.88 Å². The normalized spacial score (nSPS) is 19.9. The van der Waals surface area contributed by atoms with Crippen molar-refractivity contribution in [1.82, 2.24) is 24.2 Å². The number of sulfonamides is 1. The number of aromatic nitrogens is 3. The summed E-state index contributed by atoms with van der Waals surface area (Å²) in [6.45, 7) is 1.41. The molecule has 0 saturated carbocycles. The van der Waals surface area contributed by atoms with Crippen LogP contribution in [-0.4, -0.2) is 46.4 Å². The molecule has 5 rings (SSSR count). The van der Waals surface area contributed by atoms with E-state index in [9.17, 15) is 8.42 Å². The van der Waals surface area contributed by atoms with Gasteiger partial charge in [0, 0.05) is 44.8 Å². The van der Waals surface area contributed by atoms with E-state index in [-0.39, 0.29) is 17.0 Å². The van der Waals surface area contributed by atoms with Crippen molar-refractivity contribution in [3.8, 4) is 0 Å². The second-order valence-electron chi connectivity index (χ2n) is 7.78. The quantitative estimate of drug-likeness (QED) is 0.486. The molecule has 9 heteroatoms. The van der Waals surface area contributed by atoms with E-state index in [0.29, 0.717) is 19.6 Å². The maximum absolute atomic E-state index is 13.2. The van der Waals surface area contributed by atoms with Crippen molar-refractivity contribution in [3.63, 3.8) is 0 Å². The van der Waals surface area contributed by atoms with Crippen LogP contribution in [0.25, 0.3) is 10.2 Å². The van der Waals surface area contributed by atoms with Crippen molar-refractivity contribution in [2.24, 2.45) is 7.05 Å². The van der Waals surface area contributed by atoms with Crippen molar-refractivity contribution in [1.29, 1.82) is 0 Å². The standard InChI is InChI=1S/C22H23N5O2S2/c1-26-14-22(24-15-26)31(28,29)27-12-17(16-7-3-2-4-8-16)19(13-27)23-11-21-25-18-9-5-6-10-20(18)30-21/h2-10,14-15,17,19,23H,11-13H2,1H3. The molecule has 3 heterocycles. The van der Waals surface area contributed by atoms with Gasteiger partial charge in [0.2, 0.25) is 0 Å². The molecule has 2 aromatic heterocycles. The average molecular weight is 454 g/mol. The number of para-hydroxylation sites is 1. The van der Waals surface area contributed by atoms with Crippen LogP contribution < -0.4 is 5.32 Å². The number of rotatable bonds is 6. The van der Waals surface area contributed by atoms with Gasteiger partial charge in [-0.15, -0.1) is 11.3 Å². The Kier molecular flexibility index (Phi) is 5.35. The zero-order chi connectivity index (χ0) is 21.4. The Labute approximate surface area is 185 Å². The lowest BCUT2D eigenvalue weighted by Crippen LogP contribution is -2.36. The molecule has 2 atom stereocenters. The Bertz CT molecular complexity index is 1270. The molecule has 1 fully saturated rings. The maximum Gasteiger partial charge on any atom is 0.262 e. The highest BCUT2D eigenvalue weighted by Crippen LogP contribution is 2.32. The van der Waals surface area contributed by atoms with E-state index in [2.05, 4.69) is 28.5 Å². The molecule has 1 aliphatic heterocycles. The molecule has 0 bridgehead atoms. The number of nitrogens with one attached hydrogen (secondary N) is 1. The number of thiazole rings is 1. The first kappa shape index (κ1) is 20.3. The van der Waals surface area contributed by atoms with Crippen LogP contribution in [0.5, 0.6) is 0 Å². The van der Waals surface area contributed by atoms with E-state index >= 15 is 0 Å². The number of imidazole rings is 1. The number of hydrogen-bond acceptors (Lipinski definition) is 6. The van der Waals surface area contributed by atoms with Gasteiger partial charge in [-0.3, -0.25) is 0 Å². The Morgan fingerprint density at radius 1 is 1.10 bits per heavy atom. The van der Waals surface area contributed by atoms with E-state index in [1.54, 1.807) is 33.5 Å². The molecule has 0 amide bonds. The lowest BCUT2D eigenvalue weighted by molar-refractivity contribution is 0.454. The zero-order valence-electron chi connectivity index (χ0n) is 17.0. The minimum atomic E-state index is -3.65. The third-order valence-electron chi connectivity index (χ3n) is 5.65. The molecular weight excluding hydrogens is 430 g/mol. The van der Waals surface area contributed by atoms with Gasteiger partial charge >= 0.3 is 0 Å². The SMILES string of the molecule is Cn1cnc(S(=O)(=O)N2CC(NCc3nc4ccccc4s3)C(c3ccccc3)C2)c1. The third kappa shape index (κ3) is 4.01. The topological polar surface area (TPSA) is 80.1 Å². The summed E-state index contributed by atoms with van der Waals surface area (Å²) in [4.78, 5) is 8.78. The Hall–Kier alpha value is -2.59. The van der Waals surface area contributed by atoms with Gasteiger partial charge in [-0.2, -0.15) is 4.31 Å². The lowest BCUT2D eigenvalue weighted by Gasteiger charge is -2.19. The second kappa shape index (κ2) is 8.16. The van der Waals surface area contributed by atoms with Gasteiger partial charge in [0.25, 0.3) is 10.0 Å². The Morgan fingerprint density at radius 2 is 1.87 bits per heavy atom. The molecule has 0 spiro atoms. The number of fused-ring (bicyclic) bond motifs is 1. The van der Waals surface area contributed by atoms with Crippen LogP contribution in [0.2, 0.25) is 0 Å². The minimum absolute atomic E-state index is 0.0205. The van der Waals surface area contributed by atoms with Gasteiger partial charge in [0.05, 0.1) is 16.5 Å². The highest BCUT2D eigenvalue weighted by molar-refractivity contribution is 7.89. The molecule has 1 aliphatic rings. The monoisotopic (exact) mass is 453 g/mol. The van der Waals surface area contributed by atoms with Crippen LogP contribution >= 0.6 is 11.3 Å². The summed E-state index contributed by atoms with van der Waals surface area (Å²) in [6.07, 6.45) is 3.06. The maximum atomic E-state index is 13.2. The van der Waals surface area contributed by atoms with Crippen LogP contribution in [0.15, 0.2) is 72.1 Å². The predicted molar refractivity (Wildman–Crippen MR) is 121 cm³/mol. The number of hydrogen-bond donors (Lipinski definition) is 1. The van der Waals surface area contributed by atoms with E-state index in [1.807, 2.05) is 36.4 Å². The summed E-state index contributed by atoms with van der Waals surface area (Å²) in [5.41, 5.74) is 2.12. The molecule has 7 nitrogen and oxygen atoms in total. The summed E-state index contributed by atoms with van der Waals surface area (Å²) in [7, 11) is -1.88. The Balaban J connectivity index is 1.39. The summed E-state index contributed by atoms with van der Waals surface area (Å²) >= 11 is 1.67. The summed E-state index contributed by atoms with van der Waals surface area (Å²) in [5, 5.41) is 4.67. The van der Waals surface area contributed by atoms with Crippen molar-refractivity contribution in [3.05, 3.63) is 77.7 Å². The molecule has 0 radical (unpaired) electrons. The molecule has 4 aromatic rings. The fraction of sp³-hybridized carbons (Fsp3) is 0.273. The van der Waals surface area contributed by atoms with Gasteiger partial charge in [0.1, 0.15) is 5.01 Å². The molecule has 31 heavy (non-hydrogen) atoms. The molecule has 0 aliphatic carbocycles. The second-order valence-corrected chi connectivity index (χ2v) is 10.8. The highest BCUT2D eigenvalue weighted by atomic mass is 32.2. The molecular formula is C22H23N5O2S2. The average Bonchev–Trinajstić information content (AvgIpc) is 3.50. The van der Waals surface area contributed by atoms with E-state index in [1.165, 1.54) is 6.33 Å². The fourth-order valence-electron chi connectivity index (χ4n) is 4.08. The van der Waals surface area contributed by atoms with Crippen LogP contribution in [0.1, 0.15) is 16.5 Å². The lowest BCUT2D eigenvalue weighted by atomic mass is 9.94. The van der Waals surface area contributed by atoms with E-state index < -0.39 is 10.0 Å². The smallest absolute Gasteiger partial charge is 0.262 e. The summed E-state index contributed by atoms with van der Waals surface area (Å²) in [6, 6.07) is 18.2. The first-order valence-electron chi connectivity index (χ1n) is 10.1. The van der Waals surface area contributed by atoms with E-state index in [0.717, 1.165) is 20.8 Å². The van der Waals surface area contributed by atoms with Crippen LogP contribution in [0.4, 0.5) is 0 Å². The predicted octanol–water partition coefficient (Wildman–Crippen LogP) is 2.98. The van der Waals surface area contributed by atoms with Crippen molar-refractivity contribution in [2.75, 3.05) is 13.1 Å². The zero-order valence-corrected chi connectivity index (χ0v) is 18.7.